The van der Waals surface area contributed by atoms with Gasteiger partial charge in [-0.15, -0.1) is 0 Å². The Kier molecular flexibility index (Phi) is 13.5. The Labute approximate surface area is 239 Å². The predicted octanol–water partition coefficient (Wildman–Crippen LogP) is 6.49. The van der Waals surface area contributed by atoms with Gasteiger partial charge in [0.05, 0.1) is 0 Å². The Hall–Kier alpha value is -2.83. The van der Waals surface area contributed by atoms with Crippen LogP contribution in [0.1, 0.15) is 45.1 Å². The van der Waals surface area contributed by atoms with Gasteiger partial charge in [-0.05, 0) is 74.1 Å². The molecule has 7 nitrogen and oxygen atoms in total. The van der Waals surface area contributed by atoms with Gasteiger partial charge >= 0.3 is 0 Å². The molecular weight excluding hydrogens is 525 g/mol. The first-order valence-corrected chi connectivity index (χ1v) is 16.2. The predicted molar refractivity (Wildman–Crippen MR) is 160 cm³/mol. The second kappa shape index (κ2) is 17.1. The molecule has 0 fully saturated rings. The van der Waals surface area contributed by atoms with E-state index in [4.69, 9.17) is 14.2 Å². The molecule has 0 spiro atoms. The van der Waals surface area contributed by atoms with E-state index in [0.717, 1.165) is 30.6 Å². The Morgan fingerprint density at radius 1 is 0.850 bits per heavy atom. The van der Waals surface area contributed by atoms with Crippen LogP contribution >= 0.6 is 7.37 Å². The highest BCUT2D eigenvalue weighted by atomic mass is 31.2. The summed E-state index contributed by atoms with van der Waals surface area (Å²) in [5, 5.41) is 13.8. The van der Waals surface area contributed by atoms with Crippen molar-refractivity contribution in [1.82, 2.24) is 5.32 Å². The lowest BCUT2D eigenvalue weighted by atomic mass is 9.93. The van der Waals surface area contributed by atoms with Gasteiger partial charge in [-0.2, -0.15) is 0 Å². The van der Waals surface area contributed by atoms with Gasteiger partial charge in [0.2, 0.25) is 7.37 Å². The number of aliphatic hydroxyl groups is 1. The van der Waals surface area contributed by atoms with Crippen LogP contribution in [0.3, 0.4) is 0 Å². The first-order chi connectivity index (χ1) is 19.3. The fraction of sp³-hybridized carbons (Fsp3) is 0.438. The minimum atomic E-state index is -3.33. The van der Waals surface area contributed by atoms with Crippen molar-refractivity contribution in [2.24, 2.45) is 5.92 Å². The zero-order valence-corrected chi connectivity index (χ0v) is 24.5. The molecule has 4 atom stereocenters. The van der Waals surface area contributed by atoms with Gasteiger partial charge in [0.1, 0.15) is 36.6 Å². The molecule has 0 radical (unpaired) electrons. The van der Waals surface area contributed by atoms with Gasteiger partial charge < -0.3 is 29.5 Å². The zero-order valence-electron chi connectivity index (χ0n) is 23.7. The van der Waals surface area contributed by atoms with Gasteiger partial charge in [0, 0.05) is 18.7 Å². The zero-order chi connectivity index (χ0) is 28.6. The molecule has 2 unspecified atom stereocenters. The number of ether oxygens (including phenoxy) is 3. The average molecular weight is 570 g/mol. The number of aliphatic hydroxyl groups excluding tert-OH is 1. The van der Waals surface area contributed by atoms with E-state index in [1.165, 1.54) is 0 Å². The quantitative estimate of drug-likeness (QED) is 0.142. The summed E-state index contributed by atoms with van der Waals surface area (Å²) in [6, 6.07) is 26.8. The second-order valence-electron chi connectivity index (χ2n) is 10.3. The number of rotatable bonds is 19. The molecule has 8 heteroatoms. The fourth-order valence-corrected chi connectivity index (χ4v) is 5.57. The molecule has 0 aliphatic heterocycles. The highest BCUT2D eigenvalue weighted by molar-refractivity contribution is 7.57. The fourth-order valence-electron chi connectivity index (χ4n) is 4.42. The van der Waals surface area contributed by atoms with Crippen molar-refractivity contribution in [2.75, 3.05) is 25.7 Å². The highest BCUT2D eigenvalue weighted by Crippen LogP contribution is 2.42. The van der Waals surface area contributed by atoms with E-state index in [2.05, 4.69) is 19.2 Å². The van der Waals surface area contributed by atoms with Crippen molar-refractivity contribution < 1.29 is 28.8 Å². The molecule has 0 aliphatic carbocycles. The van der Waals surface area contributed by atoms with Crippen molar-refractivity contribution in [2.45, 2.75) is 58.3 Å². The van der Waals surface area contributed by atoms with E-state index in [0.29, 0.717) is 37.0 Å². The molecule has 3 aromatic rings. The lowest BCUT2D eigenvalue weighted by molar-refractivity contribution is 0.103. The van der Waals surface area contributed by atoms with E-state index in [1.54, 1.807) is 12.1 Å². The van der Waals surface area contributed by atoms with Gasteiger partial charge in [-0.1, -0.05) is 61.9 Å². The van der Waals surface area contributed by atoms with E-state index >= 15 is 0 Å². The summed E-state index contributed by atoms with van der Waals surface area (Å²) < 4.78 is 29.5. The summed E-state index contributed by atoms with van der Waals surface area (Å²) in [5.41, 5.74) is 1.11. The molecule has 3 rings (SSSR count). The Morgan fingerprint density at radius 2 is 1.45 bits per heavy atom. The summed E-state index contributed by atoms with van der Waals surface area (Å²) >= 11 is 0. The van der Waals surface area contributed by atoms with Crippen LogP contribution in [-0.2, 0) is 11.2 Å². The van der Waals surface area contributed by atoms with Crippen molar-refractivity contribution in [1.29, 1.82) is 0 Å². The van der Waals surface area contributed by atoms with Crippen molar-refractivity contribution in [3.05, 3.63) is 90.5 Å². The molecule has 0 amide bonds. The maximum absolute atomic E-state index is 12.5. The SMILES string of the molecule is CC[C@@H](CCCP(=O)(O)COc1ccccc1)C[C@@H](C)NCC(O)COc1ccc(OCc2ccccc2)cc1. The van der Waals surface area contributed by atoms with Crippen LogP contribution < -0.4 is 19.5 Å². The number of hydrogen-bond donors (Lipinski definition) is 3. The van der Waals surface area contributed by atoms with Crippen LogP contribution in [0.2, 0.25) is 0 Å². The lowest BCUT2D eigenvalue weighted by Crippen LogP contribution is -2.37. The molecule has 3 aromatic carbocycles. The maximum Gasteiger partial charge on any atom is 0.236 e. The Balaban J connectivity index is 1.28. The van der Waals surface area contributed by atoms with Crippen molar-refractivity contribution in [3.63, 3.8) is 0 Å². The Morgan fingerprint density at radius 3 is 2.10 bits per heavy atom. The highest BCUT2D eigenvalue weighted by Gasteiger charge is 2.21. The summed E-state index contributed by atoms with van der Waals surface area (Å²) in [4.78, 5) is 10.3. The smallest absolute Gasteiger partial charge is 0.236 e. The Bertz CT molecular complexity index is 1130. The van der Waals surface area contributed by atoms with E-state index in [1.807, 2.05) is 72.8 Å². The van der Waals surface area contributed by atoms with Crippen molar-refractivity contribution in [3.8, 4) is 17.2 Å². The van der Waals surface area contributed by atoms with Crippen molar-refractivity contribution >= 4 is 7.37 Å². The number of para-hydroxylation sites is 1. The van der Waals surface area contributed by atoms with Gasteiger partial charge in [-0.25, -0.2) is 0 Å². The number of benzene rings is 3. The molecule has 0 aliphatic rings. The van der Waals surface area contributed by atoms with E-state index < -0.39 is 13.5 Å². The first-order valence-electron chi connectivity index (χ1n) is 14.1. The minimum Gasteiger partial charge on any atom is -0.491 e. The molecule has 218 valence electrons. The van der Waals surface area contributed by atoms with Gasteiger partial charge in [0.25, 0.3) is 0 Å². The third kappa shape index (κ3) is 12.6. The average Bonchev–Trinajstić information content (AvgIpc) is 2.98. The standard InChI is InChI=1S/C32H44NO6P/c1-3-27(13-10-20-40(35,36)25-39-30-14-8-5-9-15-30)21-26(2)33-22-29(34)24-38-32-18-16-31(17-19-32)37-23-28-11-6-4-7-12-28/h4-9,11-12,14-19,26-27,29,33-34H,3,10,13,20-25H2,1-2H3,(H,35,36)/t26-,27+,29?/m1/s1. The summed E-state index contributed by atoms with van der Waals surface area (Å²) in [7, 11) is -3.33. The van der Waals surface area contributed by atoms with E-state index in [-0.39, 0.29) is 25.2 Å². The molecule has 0 bridgehead atoms. The van der Waals surface area contributed by atoms with Crippen LogP contribution in [0.4, 0.5) is 0 Å². The molecule has 0 saturated carbocycles. The van der Waals surface area contributed by atoms with Crippen LogP contribution in [0.15, 0.2) is 84.9 Å². The monoisotopic (exact) mass is 569 g/mol. The van der Waals surface area contributed by atoms with Crippen LogP contribution in [-0.4, -0.2) is 47.8 Å². The summed E-state index contributed by atoms with van der Waals surface area (Å²) in [5.74, 6) is 2.49. The topological polar surface area (TPSA) is 97.3 Å². The molecular formula is C32H44NO6P. The first kappa shape index (κ1) is 31.7. The van der Waals surface area contributed by atoms with Gasteiger partial charge in [-0.3, -0.25) is 4.57 Å². The molecule has 0 aromatic heterocycles. The van der Waals surface area contributed by atoms with Crippen LogP contribution in [0.5, 0.6) is 17.2 Å². The molecule has 3 N–H and O–H groups in total. The summed E-state index contributed by atoms with van der Waals surface area (Å²) in [6.07, 6.45) is 2.97. The van der Waals surface area contributed by atoms with Crippen LogP contribution in [0.25, 0.3) is 0 Å². The van der Waals surface area contributed by atoms with E-state index in [9.17, 15) is 14.6 Å². The maximum atomic E-state index is 12.5. The van der Waals surface area contributed by atoms with Gasteiger partial charge in [0.15, 0.2) is 6.35 Å². The largest absolute Gasteiger partial charge is 0.491 e. The second-order valence-corrected chi connectivity index (χ2v) is 12.7. The molecule has 0 heterocycles. The summed E-state index contributed by atoms with van der Waals surface area (Å²) in [6.45, 7) is 5.38. The lowest BCUT2D eigenvalue weighted by Gasteiger charge is -2.23. The number of nitrogens with one attached hydrogen (secondary N) is 1. The third-order valence-corrected chi connectivity index (χ3v) is 8.32. The normalized spacial score (nSPS) is 15.0. The minimum absolute atomic E-state index is 0.155. The molecule has 0 saturated heterocycles. The third-order valence-electron chi connectivity index (χ3n) is 6.78. The van der Waals surface area contributed by atoms with Crippen LogP contribution in [0, 0.1) is 5.92 Å². The number of hydrogen-bond acceptors (Lipinski definition) is 6. The molecule has 40 heavy (non-hydrogen) atoms.